The highest BCUT2D eigenvalue weighted by molar-refractivity contribution is 5.96. The maximum absolute atomic E-state index is 14.1. The van der Waals surface area contributed by atoms with Crippen LogP contribution in [0.2, 0.25) is 0 Å². The first-order valence-corrected chi connectivity index (χ1v) is 19.0. The maximum atomic E-state index is 14.1. The van der Waals surface area contributed by atoms with Crippen molar-refractivity contribution in [3.8, 4) is 23.2 Å². The van der Waals surface area contributed by atoms with Crippen LogP contribution in [0.3, 0.4) is 0 Å². The van der Waals surface area contributed by atoms with E-state index < -0.39 is 51.9 Å². The quantitative estimate of drug-likeness (QED) is 0.0328. The summed E-state index contributed by atoms with van der Waals surface area (Å²) in [5.41, 5.74) is 10.4. The number of aromatic hydroxyl groups is 3. The van der Waals surface area contributed by atoms with Gasteiger partial charge in [-0.15, -0.1) is 0 Å². The molecule has 4 rings (SSSR count). The van der Waals surface area contributed by atoms with E-state index in [0.717, 1.165) is 0 Å². The predicted octanol–water partition coefficient (Wildman–Crippen LogP) is 5.42. The van der Waals surface area contributed by atoms with Gasteiger partial charge in [-0.25, -0.2) is 9.59 Å². The van der Waals surface area contributed by atoms with Crippen molar-refractivity contribution in [1.29, 1.82) is 0 Å². The Morgan fingerprint density at radius 1 is 0.797 bits per heavy atom. The van der Waals surface area contributed by atoms with Crippen LogP contribution >= 0.6 is 0 Å². The van der Waals surface area contributed by atoms with Crippen molar-refractivity contribution in [2.24, 2.45) is 33.6 Å². The highest BCUT2D eigenvalue weighted by Gasteiger charge is 2.46. The molecule has 11 N–H and O–H groups in total. The van der Waals surface area contributed by atoms with Crippen LogP contribution in [0.4, 0.5) is 16.2 Å². The number of carboxylic acids is 1. The third-order valence-corrected chi connectivity index (χ3v) is 10.5. The summed E-state index contributed by atoms with van der Waals surface area (Å²) < 4.78 is 6.99. The zero-order chi connectivity index (χ0) is 43.7. The standard InChI is InChI=1S/C43H54N6O10/c1-26-33(35(52)49(34(26)51)31-9-7-6-8-10-31)23-42(4,37(45)55)21-27(24-44)22-43(5,25-41(2,3)38(56)47-29-13-11-28(12-14-29)36(53)54)39(57)59-20-19-46-40(58)48-30-15-17-32(50)18-16-30/h6-18,27,50-52H,19-25,44H2,1-5H3,(H2,45,55)(H,47,56)(H,53,54)(H2,46,48,58). The Morgan fingerprint density at radius 3 is 1.95 bits per heavy atom. The van der Waals surface area contributed by atoms with Crippen LogP contribution in [0.25, 0.3) is 5.69 Å². The molecule has 0 bridgehead atoms. The molecule has 0 aliphatic heterocycles. The number of phenolic OH excluding ortho intramolecular Hbond substituents is 1. The lowest BCUT2D eigenvalue weighted by atomic mass is 9.66. The van der Waals surface area contributed by atoms with E-state index in [2.05, 4.69) is 16.0 Å². The zero-order valence-electron chi connectivity index (χ0n) is 33.9. The summed E-state index contributed by atoms with van der Waals surface area (Å²) in [6, 6.07) is 19.6. The Bertz CT molecular complexity index is 2140. The second-order valence-corrected chi connectivity index (χ2v) is 16.1. The highest BCUT2D eigenvalue weighted by atomic mass is 16.5. The number of carbonyl (C=O) groups is 5. The summed E-state index contributed by atoms with van der Waals surface area (Å²) in [5, 5.41) is 49.1. The van der Waals surface area contributed by atoms with Crippen molar-refractivity contribution in [2.75, 3.05) is 30.3 Å². The molecule has 59 heavy (non-hydrogen) atoms. The van der Waals surface area contributed by atoms with Gasteiger partial charge in [-0.1, -0.05) is 39.0 Å². The third kappa shape index (κ3) is 11.3. The van der Waals surface area contributed by atoms with Crippen LogP contribution < -0.4 is 27.4 Å². The number of anilines is 2. The van der Waals surface area contributed by atoms with Gasteiger partial charge in [-0.05, 0) is 113 Å². The normalized spacial score (nSPS) is 13.9. The van der Waals surface area contributed by atoms with E-state index in [-0.39, 0.29) is 68.5 Å². The van der Waals surface area contributed by atoms with Gasteiger partial charge in [0.15, 0.2) is 0 Å². The molecule has 3 unspecified atom stereocenters. The SMILES string of the molecule is Cc1c(CC(C)(CC(CN)CC(C)(CC(C)(C)C(=O)Nc2ccc(C(=O)O)cc2)C(=O)OCCNC(=O)Nc2ccc(O)cc2)C(N)=O)c(O)n(-c2ccccc2)c1O. The molecule has 1 heterocycles. The number of aromatic carboxylic acids is 1. The molecule has 3 aromatic carbocycles. The van der Waals surface area contributed by atoms with Crippen LogP contribution in [0.15, 0.2) is 78.9 Å². The first kappa shape index (κ1) is 45.2. The van der Waals surface area contributed by atoms with Gasteiger partial charge < -0.3 is 52.6 Å². The highest BCUT2D eigenvalue weighted by Crippen LogP contribution is 2.45. The number of aromatic nitrogens is 1. The van der Waals surface area contributed by atoms with Crippen molar-refractivity contribution >= 4 is 41.2 Å². The summed E-state index contributed by atoms with van der Waals surface area (Å²) in [5.74, 6) is -3.97. The molecule has 16 nitrogen and oxygen atoms in total. The van der Waals surface area contributed by atoms with Crippen LogP contribution in [-0.4, -0.2) is 74.5 Å². The number of hydrogen-bond acceptors (Lipinski definition) is 10. The number of carbonyl (C=O) groups excluding carboxylic acids is 4. The van der Waals surface area contributed by atoms with Crippen molar-refractivity contribution < 1.29 is 49.1 Å². The third-order valence-electron chi connectivity index (χ3n) is 10.5. The summed E-state index contributed by atoms with van der Waals surface area (Å²) >= 11 is 0. The summed E-state index contributed by atoms with van der Waals surface area (Å²) in [7, 11) is 0. The lowest BCUT2D eigenvalue weighted by Crippen LogP contribution is -2.44. The Kier molecular flexibility index (Phi) is 14.4. The molecule has 1 aromatic heterocycles. The molecular formula is C43H54N6O10. The number of primary amides is 1. The number of urea groups is 1. The molecule has 4 aromatic rings. The Balaban J connectivity index is 1.57. The van der Waals surface area contributed by atoms with Crippen molar-refractivity contribution in [1.82, 2.24) is 9.88 Å². The molecule has 0 saturated carbocycles. The molecular weight excluding hydrogens is 761 g/mol. The van der Waals surface area contributed by atoms with Crippen LogP contribution in [0.5, 0.6) is 17.5 Å². The average Bonchev–Trinajstić information content (AvgIpc) is 3.39. The Morgan fingerprint density at radius 2 is 1.37 bits per heavy atom. The molecule has 0 spiro atoms. The molecule has 0 radical (unpaired) electrons. The van der Waals surface area contributed by atoms with E-state index in [1.807, 2.05) is 0 Å². The van der Waals surface area contributed by atoms with Gasteiger partial charge in [0.05, 0.1) is 28.6 Å². The minimum Gasteiger partial charge on any atom is -0.508 e. The smallest absolute Gasteiger partial charge is 0.335 e. The minimum absolute atomic E-state index is 0.00544. The van der Waals surface area contributed by atoms with Gasteiger partial charge >= 0.3 is 18.0 Å². The van der Waals surface area contributed by atoms with Gasteiger partial charge in [0, 0.05) is 27.9 Å². The number of rotatable bonds is 19. The number of nitrogens with zero attached hydrogens (tertiary/aromatic N) is 1. The number of amides is 4. The average molecular weight is 815 g/mol. The summed E-state index contributed by atoms with van der Waals surface area (Å²) in [6.07, 6.45) is -0.0494. The molecule has 0 saturated heterocycles. The maximum Gasteiger partial charge on any atom is 0.335 e. The number of nitrogens with one attached hydrogen (secondary N) is 3. The van der Waals surface area contributed by atoms with Crippen LogP contribution in [-0.2, 0) is 25.5 Å². The molecule has 16 heteroatoms. The number of hydrogen-bond donors (Lipinski definition) is 9. The summed E-state index contributed by atoms with van der Waals surface area (Å²) in [4.78, 5) is 65.0. The van der Waals surface area contributed by atoms with E-state index in [0.29, 0.717) is 28.2 Å². The molecule has 4 amide bonds. The van der Waals surface area contributed by atoms with E-state index >= 15 is 0 Å². The number of para-hydroxylation sites is 1. The van der Waals surface area contributed by atoms with Crippen LogP contribution in [0.1, 0.15) is 68.4 Å². The largest absolute Gasteiger partial charge is 0.508 e. The van der Waals surface area contributed by atoms with Gasteiger partial charge in [-0.2, -0.15) is 0 Å². The van der Waals surface area contributed by atoms with Gasteiger partial charge in [0.2, 0.25) is 23.6 Å². The number of ether oxygens (including phenoxy) is 1. The van der Waals surface area contributed by atoms with Crippen molar-refractivity contribution in [3.63, 3.8) is 0 Å². The fourth-order valence-electron chi connectivity index (χ4n) is 7.38. The van der Waals surface area contributed by atoms with E-state index in [1.54, 1.807) is 65.0 Å². The number of carboxylic acid groups (broad SMARTS) is 1. The molecule has 316 valence electrons. The number of esters is 1. The number of nitrogens with two attached hydrogens (primary N) is 2. The second kappa shape index (κ2) is 18.8. The van der Waals surface area contributed by atoms with E-state index in [1.165, 1.54) is 53.1 Å². The van der Waals surface area contributed by atoms with Crippen molar-refractivity contribution in [2.45, 2.75) is 60.3 Å². The second-order valence-electron chi connectivity index (χ2n) is 16.1. The first-order valence-electron chi connectivity index (χ1n) is 19.0. The molecule has 3 atom stereocenters. The number of benzene rings is 3. The minimum atomic E-state index is -1.40. The van der Waals surface area contributed by atoms with Crippen molar-refractivity contribution in [3.05, 3.63) is 95.6 Å². The zero-order valence-corrected chi connectivity index (χ0v) is 33.9. The summed E-state index contributed by atoms with van der Waals surface area (Å²) in [6.45, 7) is 7.88. The van der Waals surface area contributed by atoms with Gasteiger partial charge in [0.1, 0.15) is 12.4 Å². The Hall–Kier alpha value is -6.55. The molecule has 0 fully saturated rings. The molecule has 0 aliphatic carbocycles. The Labute approximate surface area is 342 Å². The van der Waals surface area contributed by atoms with Gasteiger partial charge in [0.25, 0.3) is 0 Å². The predicted molar refractivity (Wildman–Crippen MR) is 221 cm³/mol. The van der Waals surface area contributed by atoms with Gasteiger partial charge in [-0.3, -0.25) is 19.0 Å². The lowest BCUT2D eigenvalue weighted by molar-refractivity contribution is -0.158. The lowest BCUT2D eigenvalue weighted by Gasteiger charge is -2.39. The first-order chi connectivity index (χ1) is 27.7. The van der Waals surface area contributed by atoms with E-state index in [9.17, 15) is 44.4 Å². The topological polar surface area (TPSA) is 269 Å². The van der Waals surface area contributed by atoms with Crippen LogP contribution in [0, 0.1) is 29.1 Å². The number of phenols is 1. The molecule has 0 aliphatic rings. The van der Waals surface area contributed by atoms with E-state index in [4.69, 9.17) is 16.2 Å². The fourth-order valence-corrected chi connectivity index (χ4v) is 7.38. The fraction of sp³-hybridized carbons (Fsp3) is 0.372. The monoisotopic (exact) mass is 814 g/mol.